The molecule has 1 aromatic carbocycles. The average Bonchev–Trinajstić information content (AvgIpc) is 3.04. The predicted octanol–water partition coefficient (Wildman–Crippen LogP) is 2.99. The number of nitrogens with one attached hydrogen (secondary N) is 1. The predicted molar refractivity (Wildman–Crippen MR) is 55.3 cm³/mol. The summed E-state index contributed by atoms with van der Waals surface area (Å²) < 4.78 is 38.8. The summed E-state index contributed by atoms with van der Waals surface area (Å²) in [4.78, 5) is 0. The van der Waals surface area contributed by atoms with Gasteiger partial charge in [-0.1, -0.05) is 0 Å². The molecule has 0 bridgehead atoms. The first kappa shape index (κ1) is 11.5. The molecule has 88 valence electrons. The van der Waals surface area contributed by atoms with Gasteiger partial charge in [-0.15, -0.1) is 0 Å². The molecule has 1 unspecified atom stereocenters. The minimum absolute atomic E-state index is 0.173. The fraction of sp³-hybridized carbons (Fsp3) is 0.500. The number of rotatable bonds is 4. The van der Waals surface area contributed by atoms with Crippen molar-refractivity contribution < 1.29 is 13.2 Å². The van der Waals surface area contributed by atoms with Crippen LogP contribution in [0.2, 0.25) is 0 Å². The Hall–Kier alpha value is -1.03. The zero-order valence-electron chi connectivity index (χ0n) is 9.06. The van der Waals surface area contributed by atoms with Gasteiger partial charge < -0.3 is 5.32 Å². The van der Waals surface area contributed by atoms with E-state index in [4.69, 9.17) is 0 Å². The molecule has 2 rings (SSSR count). The molecule has 1 N–H and O–H groups in total. The Bertz CT molecular complexity index is 388. The highest BCUT2D eigenvalue weighted by Crippen LogP contribution is 2.32. The van der Waals surface area contributed by atoms with Gasteiger partial charge in [-0.3, -0.25) is 0 Å². The van der Waals surface area contributed by atoms with Crippen LogP contribution in [0.4, 0.5) is 13.2 Å². The number of hydrogen-bond donors (Lipinski definition) is 1. The van der Waals surface area contributed by atoms with E-state index < -0.39 is 17.5 Å². The van der Waals surface area contributed by atoms with Crippen LogP contribution in [0, 0.1) is 23.4 Å². The summed E-state index contributed by atoms with van der Waals surface area (Å²) in [5.74, 6) is -2.20. The Labute approximate surface area is 92.7 Å². The SMILES string of the molecule is CC(NCc1cc(F)c(F)cc1F)C1CC1. The van der Waals surface area contributed by atoms with Crippen LogP contribution in [0.1, 0.15) is 25.3 Å². The van der Waals surface area contributed by atoms with Crippen molar-refractivity contribution in [1.82, 2.24) is 5.32 Å². The van der Waals surface area contributed by atoms with Crippen molar-refractivity contribution in [2.45, 2.75) is 32.4 Å². The smallest absolute Gasteiger partial charge is 0.161 e. The van der Waals surface area contributed by atoms with E-state index in [0.717, 1.165) is 6.07 Å². The first-order valence-electron chi connectivity index (χ1n) is 5.44. The van der Waals surface area contributed by atoms with Gasteiger partial charge in [-0.25, -0.2) is 13.2 Å². The zero-order chi connectivity index (χ0) is 11.7. The number of hydrogen-bond acceptors (Lipinski definition) is 1. The van der Waals surface area contributed by atoms with Crippen LogP contribution in [-0.4, -0.2) is 6.04 Å². The average molecular weight is 229 g/mol. The molecule has 0 aliphatic heterocycles. The van der Waals surface area contributed by atoms with Gasteiger partial charge in [0.1, 0.15) is 5.82 Å². The highest BCUT2D eigenvalue weighted by Gasteiger charge is 2.27. The lowest BCUT2D eigenvalue weighted by atomic mass is 10.1. The second-order valence-electron chi connectivity index (χ2n) is 4.36. The Morgan fingerprint density at radius 1 is 1.19 bits per heavy atom. The van der Waals surface area contributed by atoms with E-state index in [9.17, 15) is 13.2 Å². The molecule has 0 heterocycles. The van der Waals surface area contributed by atoms with Gasteiger partial charge in [0, 0.05) is 24.2 Å². The quantitative estimate of drug-likeness (QED) is 0.782. The summed E-state index contributed by atoms with van der Waals surface area (Å²) in [5, 5.41) is 3.12. The molecule has 1 aliphatic rings. The molecule has 1 aliphatic carbocycles. The highest BCUT2D eigenvalue weighted by molar-refractivity contribution is 5.20. The summed E-state index contributed by atoms with van der Waals surface area (Å²) in [7, 11) is 0. The van der Waals surface area contributed by atoms with Gasteiger partial charge in [0.05, 0.1) is 0 Å². The van der Waals surface area contributed by atoms with Crippen LogP contribution in [0.15, 0.2) is 12.1 Å². The fourth-order valence-electron chi connectivity index (χ4n) is 1.73. The molecule has 0 amide bonds. The van der Waals surface area contributed by atoms with Gasteiger partial charge in [0.15, 0.2) is 11.6 Å². The van der Waals surface area contributed by atoms with Gasteiger partial charge in [0.25, 0.3) is 0 Å². The van der Waals surface area contributed by atoms with Crippen molar-refractivity contribution in [3.63, 3.8) is 0 Å². The molecular formula is C12H14F3N. The third-order valence-corrected chi connectivity index (χ3v) is 3.03. The Morgan fingerprint density at radius 3 is 2.44 bits per heavy atom. The van der Waals surface area contributed by atoms with Crippen LogP contribution in [0.5, 0.6) is 0 Å². The highest BCUT2D eigenvalue weighted by atomic mass is 19.2. The molecular weight excluding hydrogens is 215 g/mol. The van der Waals surface area contributed by atoms with Gasteiger partial charge in [-0.2, -0.15) is 0 Å². The van der Waals surface area contributed by atoms with E-state index >= 15 is 0 Å². The largest absolute Gasteiger partial charge is 0.310 e. The second kappa shape index (κ2) is 4.45. The first-order valence-corrected chi connectivity index (χ1v) is 5.44. The van der Waals surface area contributed by atoms with E-state index in [0.29, 0.717) is 18.0 Å². The van der Waals surface area contributed by atoms with Crippen molar-refractivity contribution in [3.8, 4) is 0 Å². The molecule has 0 radical (unpaired) electrons. The zero-order valence-corrected chi connectivity index (χ0v) is 9.06. The van der Waals surface area contributed by atoms with E-state index in [1.807, 2.05) is 6.92 Å². The molecule has 1 nitrogen and oxygen atoms in total. The maximum absolute atomic E-state index is 13.3. The summed E-state index contributed by atoms with van der Waals surface area (Å²) in [6, 6.07) is 1.80. The van der Waals surface area contributed by atoms with E-state index in [-0.39, 0.29) is 12.1 Å². The van der Waals surface area contributed by atoms with E-state index in [2.05, 4.69) is 5.32 Å². The molecule has 16 heavy (non-hydrogen) atoms. The number of halogens is 3. The van der Waals surface area contributed by atoms with E-state index in [1.54, 1.807) is 0 Å². The maximum atomic E-state index is 13.3. The van der Waals surface area contributed by atoms with Crippen molar-refractivity contribution in [1.29, 1.82) is 0 Å². The molecule has 1 aromatic rings. The lowest BCUT2D eigenvalue weighted by Crippen LogP contribution is -2.27. The van der Waals surface area contributed by atoms with Crippen molar-refractivity contribution in [2.24, 2.45) is 5.92 Å². The summed E-state index contributed by atoms with van der Waals surface area (Å²) in [6.45, 7) is 2.26. The normalized spacial score (nSPS) is 17.5. The van der Waals surface area contributed by atoms with Crippen LogP contribution in [-0.2, 0) is 6.54 Å². The summed E-state index contributed by atoms with van der Waals surface area (Å²) in [6.07, 6.45) is 2.38. The third-order valence-electron chi connectivity index (χ3n) is 3.03. The second-order valence-corrected chi connectivity index (χ2v) is 4.36. The molecule has 0 spiro atoms. The maximum Gasteiger partial charge on any atom is 0.161 e. The van der Waals surface area contributed by atoms with Crippen LogP contribution >= 0.6 is 0 Å². The van der Waals surface area contributed by atoms with Gasteiger partial charge in [-0.05, 0) is 31.7 Å². The molecule has 1 fully saturated rings. The number of benzene rings is 1. The topological polar surface area (TPSA) is 12.0 Å². The summed E-state index contributed by atoms with van der Waals surface area (Å²) in [5.41, 5.74) is 0.173. The monoisotopic (exact) mass is 229 g/mol. The summed E-state index contributed by atoms with van der Waals surface area (Å²) >= 11 is 0. The standard InChI is InChI=1S/C12H14F3N/c1-7(8-2-3-8)16-6-9-4-11(14)12(15)5-10(9)13/h4-5,7-8,16H,2-3,6H2,1H3. The van der Waals surface area contributed by atoms with Crippen molar-refractivity contribution >= 4 is 0 Å². The lowest BCUT2D eigenvalue weighted by molar-refractivity contribution is 0.467. The molecule has 1 saturated carbocycles. The fourth-order valence-corrected chi connectivity index (χ4v) is 1.73. The molecule has 0 saturated heterocycles. The van der Waals surface area contributed by atoms with Crippen LogP contribution in [0.25, 0.3) is 0 Å². The van der Waals surface area contributed by atoms with Gasteiger partial charge in [0.2, 0.25) is 0 Å². The minimum Gasteiger partial charge on any atom is -0.310 e. The molecule has 4 heteroatoms. The lowest BCUT2D eigenvalue weighted by Gasteiger charge is -2.13. The first-order chi connectivity index (χ1) is 7.58. The Kier molecular flexibility index (Phi) is 3.19. The Morgan fingerprint density at radius 2 is 1.81 bits per heavy atom. The van der Waals surface area contributed by atoms with Gasteiger partial charge >= 0.3 is 0 Å². The van der Waals surface area contributed by atoms with Crippen LogP contribution in [0.3, 0.4) is 0 Å². The van der Waals surface area contributed by atoms with Crippen LogP contribution < -0.4 is 5.32 Å². The van der Waals surface area contributed by atoms with E-state index in [1.165, 1.54) is 12.8 Å². The molecule has 1 atom stereocenters. The van der Waals surface area contributed by atoms with Crippen molar-refractivity contribution in [2.75, 3.05) is 0 Å². The third kappa shape index (κ3) is 2.55. The minimum atomic E-state index is -1.14. The Balaban J connectivity index is 2.00. The van der Waals surface area contributed by atoms with Crippen molar-refractivity contribution in [3.05, 3.63) is 35.1 Å². The molecule has 0 aromatic heterocycles.